The lowest BCUT2D eigenvalue weighted by Gasteiger charge is -2.13. The van der Waals surface area contributed by atoms with E-state index in [9.17, 15) is 18.8 Å². The van der Waals surface area contributed by atoms with Crippen LogP contribution in [0.25, 0.3) is 10.9 Å². The molecule has 3 aromatic rings. The molecule has 0 spiro atoms. The van der Waals surface area contributed by atoms with Gasteiger partial charge in [-0.05, 0) is 24.3 Å². The molecule has 0 fully saturated rings. The molecule has 2 N–H and O–H groups in total. The van der Waals surface area contributed by atoms with Crippen LogP contribution in [-0.2, 0) is 11.3 Å². The van der Waals surface area contributed by atoms with Crippen LogP contribution in [0.1, 0.15) is 10.4 Å². The molecule has 3 rings (SSSR count). The summed E-state index contributed by atoms with van der Waals surface area (Å²) in [6.45, 7) is -0.317. The molecule has 8 heteroatoms. The summed E-state index contributed by atoms with van der Waals surface area (Å²) < 4.78 is 15.7. The van der Waals surface area contributed by atoms with E-state index in [0.29, 0.717) is 15.4 Å². The van der Waals surface area contributed by atoms with Crippen LogP contribution in [0, 0.1) is 5.82 Å². The van der Waals surface area contributed by atoms with Crippen molar-refractivity contribution in [3.63, 3.8) is 0 Å². The number of hydrogen-bond acceptors (Lipinski definition) is 3. The molecule has 2 amide bonds. The number of fused-ring (bicyclic) bond motifs is 1. The predicted molar refractivity (Wildman–Crippen MR) is 104 cm³/mol. The zero-order chi connectivity index (χ0) is 19.6. The Morgan fingerprint density at radius 1 is 1.15 bits per heavy atom. The van der Waals surface area contributed by atoms with Gasteiger partial charge in [0.2, 0.25) is 5.91 Å². The molecule has 0 aliphatic heterocycles. The highest BCUT2D eigenvalue weighted by Gasteiger charge is 2.16. The Hall–Kier alpha value is -3.00. The van der Waals surface area contributed by atoms with E-state index in [-0.39, 0.29) is 17.8 Å². The summed E-state index contributed by atoms with van der Waals surface area (Å²) in [5.74, 6) is -1.54. The van der Waals surface area contributed by atoms with Gasteiger partial charge in [-0.25, -0.2) is 4.39 Å². The van der Waals surface area contributed by atoms with Gasteiger partial charge in [0, 0.05) is 23.0 Å². The van der Waals surface area contributed by atoms with Gasteiger partial charge in [0.05, 0.1) is 16.8 Å². The lowest BCUT2D eigenvalue weighted by atomic mass is 10.1. The Balaban J connectivity index is 1.97. The minimum Gasteiger partial charge on any atom is -0.355 e. The minimum atomic E-state index is -0.593. The van der Waals surface area contributed by atoms with Gasteiger partial charge in [-0.1, -0.05) is 34.1 Å². The van der Waals surface area contributed by atoms with E-state index in [1.54, 1.807) is 30.3 Å². The number of carbonyl (C=O) groups excluding carboxylic acids is 2. The van der Waals surface area contributed by atoms with Crippen molar-refractivity contribution in [2.45, 2.75) is 6.54 Å². The first-order chi connectivity index (χ1) is 12.9. The van der Waals surface area contributed by atoms with E-state index in [4.69, 9.17) is 0 Å². The molecular weight excluding hydrogens is 417 g/mol. The van der Waals surface area contributed by atoms with E-state index < -0.39 is 23.2 Å². The van der Waals surface area contributed by atoms with Crippen molar-refractivity contribution in [1.82, 2.24) is 9.88 Å². The number of nitrogens with one attached hydrogen (secondary N) is 2. The van der Waals surface area contributed by atoms with Crippen molar-refractivity contribution in [2.75, 3.05) is 12.4 Å². The summed E-state index contributed by atoms with van der Waals surface area (Å²) in [4.78, 5) is 36.9. The summed E-state index contributed by atoms with van der Waals surface area (Å²) in [7, 11) is 1.48. The van der Waals surface area contributed by atoms with Gasteiger partial charge in [0.1, 0.15) is 12.4 Å². The number of nitrogens with zero attached hydrogens (tertiary/aromatic N) is 1. The third-order valence-corrected chi connectivity index (χ3v) is 4.49. The summed E-state index contributed by atoms with van der Waals surface area (Å²) in [6, 6.07) is 12.2. The second-order valence-electron chi connectivity index (χ2n) is 5.75. The van der Waals surface area contributed by atoms with Gasteiger partial charge in [0.15, 0.2) is 0 Å². The van der Waals surface area contributed by atoms with Gasteiger partial charge in [-0.2, -0.15) is 0 Å². The average molecular weight is 432 g/mol. The molecule has 1 aromatic heterocycles. The van der Waals surface area contributed by atoms with Crippen LogP contribution in [-0.4, -0.2) is 23.4 Å². The summed E-state index contributed by atoms with van der Waals surface area (Å²) in [6.07, 6.45) is 0. The Kier molecular flexibility index (Phi) is 5.36. The van der Waals surface area contributed by atoms with Crippen molar-refractivity contribution in [1.29, 1.82) is 0 Å². The molecular formula is C19H15BrFN3O3. The van der Waals surface area contributed by atoms with Gasteiger partial charge in [-0.3, -0.25) is 19.0 Å². The van der Waals surface area contributed by atoms with Crippen molar-refractivity contribution >= 4 is 44.3 Å². The molecule has 0 radical (unpaired) electrons. The Labute approximate surface area is 162 Å². The normalized spacial score (nSPS) is 10.6. The van der Waals surface area contributed by atoms with Crippen molar-refractivity contribution < 1.29 is 14.0 Å². The van der Waals surface area contributed by atoms with Crippen molar-refractivity contribution in [2.24, 2.45) is 0 Å². The number of rotatable bonds is 4. The molecule has 0 unspecified atom stereocenters. The largest absolute Gasteiger partial charge is 0.355 e. The molecule has 6 nitrogen and oxygen atoms in total. The van der Waals surface area contributed by atoms with E-state index >= 15 is 0 Å². The van der Waals surface area contributed by atoms with Crippen LogP contribution >= 0.6 is 15.9 Å². The number of carbonyl (C=O) groups is 2. The molecule has 0 aliphatic carbocycles. The molecule has 0 atom stereocenters. The SMILES string of the molecule is CNC(=O)c1cc(=O)n(CC(=O)Nc2ccc(Br)cc2F)c2ccccc12. The number of benzene rings is 2. The topological polar surface area (TPSA) is 80.2 Å². The highest BCUT2D eigenvalue weighted by Crippen LogP contribution is 2.20. The average Bonchev–Trinajstić information content (AvgIpc) is 2.65. The molecule has 0 bridgehead atoms. The van der Waals surface area contributed by atoms with Gasteiger partial charge in [0.25, 0.3) is 11.5 Å². The lowest BCUT2D eigenvalue weighted by Crippen LogP contribution is -2.30. The highest BCUT2D eigenvalue weighted by atomic mass is 79.9. The molecule has 2 aromatic carbocycles. The number of pyridine rings is 1. The predicted octanol–water partition coefficient (Wildman–Crippen LogP) is 2.90. The van der Waals surface area contributed by atoms with Crippen LogP contribution in [0.2, 0.25) is 0 Å². The van der Waals surface area contributed by atoms with Gasteiger partial charge >= 0.3 is 0 Å². The Morgan fingerprint density at radius 2 is 1.89 bits per heavy atom. The number of anilines is 1. The van der Waals surface area contributed by atoms with Crippen molar-refractivity contribution in [3.05, 3.63) is 74.7 Å². The number of halogens is 2. The molecule has 1 heterocycles. The minimum absolute atomic E-state index is 0.0162. The van der Waals surface area contributed by atoms with Gasteiger partial charge < -0.3 is 10.6 Å². The maximum atomic E-state index is 13.9. The maximum absolute atomic E-state index is 13.9. The summed E-state index contributed by atoms with van der Waals surface area (Å²) in [5, 5.41) is 5.49. The fourth-order valence-electron chi connectivity index (χ4n) is 2.74. The fourth-order valence-corrected chi connectivity index (χ4v) is 3.08. The first-order valence-electron chi connectivity index (χ1n) is 8.00. The summed E-state index contributed by atoms with van der Waals surface area (Å²) >= 11 is 3.15. The van der Waals surface area contributed by atoms with Crippen LogP contribution in [0.15, 0.2) is 57.8 Å². The molecule has 0 saturated carbocycles. The standard InChI is InChI=1S/C19H15BrFN3O3/c1-22-19(27)13-9-18(26)24(16-5-3-2-4-12(13)16)10-17(25)23-15-7-6-11(20)8-14(15)21/h2-9H,10H2,1H3,(H,22,27)(H,23,25). The first-order valence-corrected chi connectivity index (χ1v) is 8.79. The van der Waals surface area contributed by atoms with E-state index in [2.05, 4.69) is 26.6 Å². The zero-order valence-corrected chi connectivity index (χ0v) is 15.8. The quantitative estimate of drug-likeness (QED) is 0.666. The number of para-hydroxylation sites is 1. The van der Waals surface area contributed by atoms with E-state index in [1.165, 1.54) is 29.8 Å². The summed E-state index contributed by atoms with van der Waals surface area (Å²) in [5.41, 5.74) is 0.185. The smallest absolute Gasteiger partial charge is 0.252 e. The molecule has 27 heavy (non-hydrogen) atoms. The van der Waals surface area contributed by atoms with Gasteiger partial charge in [-0.15, -0.1) is 0 Å². The van der Waals surface area contributed by atoms with E-state index in [1.807, 2.05) is 0 Å². The highest BCUT2D eigenvalue weighted by molar-refractivity contribution is 9.10. The van der Waals surface area contributed by atoms with Crippen LogP contribution in [0.5, 0.6) is 0 Å². The fraction of sp³-hybridized carbons (Fsp3) is 0.105. The number of hydrogen-bond donors (Lipinski definition) is 2. The first kappa shape index (κ1) is 18.8. The second kappa shape index (κ2) is 7.71. The Bertz CT molecular complexity index is 1110. The van der Waals surface area contributed by atoms with Crippen molar-refractivity contribution in [3.8, 4) is 0 Å². The zero-order valence-electron chi connectivity index (χ0n) is 14.3. The second-order valence-corrected chi connectivity index (χ2v) is 6.67. The molecule has 0 aliphatic rings. The Morgan fingerprint density at radius 3 is 2.59 bits per heavy atom. The third kappa shape index (κ3) is 3.90. The van der Waals surface area contributed by atoms with Crippen LogP contribution in [0.4, 0.5) is 10.1 Å². The number of amides is 2. The van der Waals surface area contributed by atoms with Crippen LogP contribution in [0.3, 0.4) is 0 Å². The van der Waals surface area contributed by atoms with Crippen LogP contribution < -0.4 is 16.2 Å². The monoisotopic (exact) mass is 431 g/mol. The van der Waals surface area contributed by atoms with E-state index in [0.717, 1.165) is 0 Å². The maximum Gasteiger partial charge on any atom is 0.252 e. The molecule has 0 saturated heterocycles. The molecule has 138 valence electrons. The number of aromatic nitrogens is 1. The lowest BCUT2D eigenvalue weighted by molar-refractivity contribution is -0.116. The third-order valence-electron chi connectivity index (χ3n) is 4.00.